The Morgan fingerprint density at radius 2 is 2.00 bits per heavy atom. The third-order valence-electron chi connectivity index (χ3n) is 2.91. The highest BCUT2D eigenvalue weighted by molar-refractivity contribution is 5.89. The van der Waals surface area contributed by atoms with E-state index >= 15 is 0 Å². The van der Waals surface area contributed by atoms with Gasteiger partial charge in [0.2, 0.25) is 0 Å². The number of benzene rings is 1. The molecule has 1 rings (SSSR count). The lowest BCUT2D eigenvalue weighted by Gasteiger charge is -2.11. The van der Waals surface area contributed by atoms with Gasteiger partial charge in [-0.05, 0) is 44.7 Å². The van der Waals surface area contributed by atoms with Gasteiger partial charge in [0.25, 0.3) is 0 Å². The molecule has 0 saturated heterocycles. The van der Waals surface area contributed by atoms with Crippen LogP contribution >= 0.6 is 0 Å². The topological polar surface area (TPSA) is 26.3 Å². The van der Waals surface area contributed by atoms with E-state index in [9.17, 15) is 9.18 Å². The molecule has 0 N–H and O–H groups in total. The summed E-state index contributed by atoms with van der Waals surface area (Å²) in [6.07, 6.45) is 4.98. The van der Waals surface area contributed by atoms with Gasteiger partial charge in [-0.2, -0.15) is 0 Å². The van der Waals surface area contributed by atoms with Crippen molar-refractivity contribution in [2.45, 2.75) is 39.3 Å². The molecule has 0 unspecified atom stereocenters. The summed E-state index contributed by atoms with van der Waals surface area (Å²) in [5.41, 5.74) is -0.696. The van der Waals surface area contributed by atoms with E-state index in [2.05, 4.69) is 6.92 Å². The number of hydrogen-bond acceptors (Lipinski definition) is 2. The molecule has 0 aliphatic heterocycles. The van der Waals surface area contributed by atoms with Crippen LogP contribution in [0.3, 0.4) is 0 Å². The van der Waals surface area contributed by atoms with Gasteiger partial charge in [0.1, 0.15) is 5.67 Å². The molecule has 0 heterocycles. The highest BCUT2D eigenvalue weighted by Gasteiger charge is 2.10. The molecular formula is C17H23FO2. The summed E-state index contributed by atoms with van der Waals surface area (Å²) in [4.78, 5) is 11.7. The number of rotatable bonds is 7. The number of esters is 1. The third kappa shape index (κ3) is 7.07. The first kappa shape index (κ1) is 16.4. The molecular weight excluding hydrogens is 255 g/mol. The summed E-state index contributed by atoms with van der Waals surface area (Å²) in [6, 6.07) is 8.94. The Hall–Kier alpha value is -1.64. The smallest absolute Gasteiger partial charge is 0.338 e. The molecule has 0 aromatic heterocycles. The molecule has 0 radical (unpaired) electrons. The van der Waals surface area contributed by atoms with Crippen molar-refractivity contribution in [2.24, 2.45) is 5.92 Å². The normalized spacial score (nSPS) is 13.4. The van der Waals surface area contributed by atoms with Gasteiger partial charge in [-0.3, -0.25) is 0 Å². The molecule has 1 atom stereocenters. The van der Waals surface area contributed by atoms with Crippen molar-refractivity contribution >= 4 is 5.97 Å². The highest BCUT2D eigenvalue weighted by atomic mass is 19.1. The van der Waals surface area contributed by atoms with E-state index in [1.54, 1.807) is 18.2 Å². The van der Waals surface area contributed by atoms with Gasteiger partial charge in [0.05, 0.1) is 12.2 Å². The van der Waals surface area contributed by atoms with Crippen molar-refractivity contribution in [1.29, 1.82) is 0 Å². The standard InChI is InChI=1S/C17H23FO2/c1-14(8-7-12-17(2,3)18)11-13-20-16(19)15-9-5-4-6-10-15/h4-7,9-10,12,14H,8,11,13H2,1-3H3/b12-7+/t14-/m0/s1. The third-order valence-corrected chi connectivity index (χ3v) is 2.91. The second-order valence-electron chi connectivity index (χ2n) is 5.60. The van der Waals surface area contributed by atoms with Gasteiger partial charge in [0, 0.05) is 0 Å². The second kappa shape index (κ2) is 7.83. The number of ether oxygens (including phenoxy) is 1. The Balaban J connectivity index is 2.24. The summed E-state index contributed by atoms with van der Waals surface area (Å²) < 4.78 is 18.4. The zero-order valence-corrected chi connectivity index (χ0v) is 12.4. The van der Waals surface area contributed by atoms with E-state index in [1.165, 1.54) is 13.8 Å². The predicted octanol–water partition coefficient (Wildman–Crippen LogP) is 4.56. The van der Waals surface area contributed by atoms with Crippen molar-refractivity contribution in [3.63, 3.8) is 0 Å². The quantitative estimate of drug-likeness (QED) is 0.539. The van der Waals surface area contributed by atoms with Crippen molar-refractivity contribution in [2.75, 3.05) is 6.61 Å². The van der Waals surface area contributed by atoms with E-state index < -0.39 is 5.67 Å². The number of allylic oxidation sites excluding steroid dienone is 2. The first-order valence-electron chi connectivity index (χ1n) is 6.97. The van der Waals surface area contributed by atoms with Crippen LogP contribution in [-0.4, -0.2) is 18.2 Å². The van der Waals surface area contributed by atoms with Crippen LogP contribution in [0.4, 0.5) is 4.39 Å². The van der Waals surface area contributed by atoms with Crippen LogP contribution in [0.2, 0.25) is 0 Å². The zero-order chi connectivity index (χ0) is 15.0. The minimum Gasteiger partial charge on any atom is -0.462 e. The lowest BCUT2D eigenvalue weighted by Crippen LogP contribution is -2.09. The summed E-state index contributed by atoms with van der Waals surface area (Å²) in [6.45, 7) is 5.50. The fourth-order valence-electron chi connectivity index (χ4n) is 1.71. The minimum absolute atomic E-state index is 0.293. The maximum Gasteiger partial charge on any atom is 0.338 e. The summed E-state index contributed by atoms with van der Waals surface area (Å²) in [5, 5.41) is 0. The van der Waals surface area contributed by atoms with Gasteiger partial charge >= 0.3 is 5.97 Å². The fourth-order valence-corrected chi connectivity index (χ4v) is 1.71. The maximum atomic E-state index is 13.2. The molecule has 1 aromatic carbocycles. The Labute approximate surface area is 120 Å². The lowest BCUT2D eigenvalue weighted by molar-refractivity contribution is 0.0486. The van der Waals surface area contributed by atoms with Crippen molar-refractivity contribution in [3.05, 3.63) is 48.0 Å². The molecule has 1 aromatic rings. The highest BCUT2D eigenvalue weighted by Crippen LogP contribution is 2.14. The number of halogens is 1. The Bertz CT molecular complexity index is 432. The SMILES string of the molecule is C[C@@H](C/C=C/C(C)(C)F)CCOC(=O)c1ccccc1. The average molecular weight is 278 g/mol. The fraction of sp³-hybridized carbons (Fsp3) is 0.471. The first-order chi connectivity index (χ1) is 9.38. The zero-order valence-electron chi connectivity index (χ0n) is 12.4. The van der Waals surface area contributed by atoms with E-state index in [1.807, 2.05) is 24.3 Å². The Kier molecular flexibility index (Phi) is 6.43. The molecule has 0 amide bonds. The maximum absolute atomic E-state index is 13.2. The summed E-state index contributed by atoms with van der Waals surface area (Å²) in [5.74, 6) is 0.0652. The van der Waals surface area contributed by atoms with Crippen LogP contribution in [0.5, 0.6) is 0 Å². The number of carbonyl (C=O) groups is 1. The van der Waals surface area contributed by atoms with Gasteiger partial charge in [-0.15, -0.1) is 0 Å². The lowest BCUT2D eigenvalue weighted by atomic mass is 10.0. The van der Waals surface area contributed by atoms with Crippen molar-refractivity contribution < 1.29 is 13.9 Å². The molecule has 0 aliphatic carbocycles. The van der Waals surface area contributed by atoms with E-state index in [0.717, 1.165) is 12.8 Å². The van der Waals surface area contributed by atoms with E-state index in [0.29, 0.717) is 18.1 Å². The van der Waals surface area contributed by atoms with Crippen LogP contribution in [0.25, 0.3) is 0 Å². The summed E-state index contributed by atoms with van der Waals surface area (Å²) in [7, 11) is 0. The van der Waals surface area contributed by atoms with E-state index in [-0.39, 0.29) is 5.97 Å². The number of carbonyl (C=O) groups excluding carboxylic acids is 1. The summed E-state index contributed by atoms with van der Waals surface area (Å²) >= 11 is 0. The molecule has 0 bridgehead atoms. The molecule has 20 heavy (non-hydrogen) atoms. The molecule has 2 nitrogen and oxygen atoms in total. The molecule has 0 spiro atoms. The van der Waals surface area contributed by atoms with Crippen molar-refractivity contribution in [3.8, 4) is 0 Å². The predicted molar refractivity (Wildman–Crippen MR) is 79.4 cm³/mol. The Morgan fingerprint density at radius 1 is 1.35 bits per heavy atom. The average Bonchev–Trinajstić information content (AvgIpc) is 2.38. The number of hydrogen-bond donors (Lipinski definition) is 0. The first-order valence-corrected chi connectivity index (χ1v) is 6.97. The largest absolute Gasteiger partial charge is 0.462 e. The molecule has 3 heteroatoms. The van der Waals surface area contributed by atoms with Gasteiger partial charge in [-0.25, -0.2) is 9.18 Å². The van der Waals surface area contributed by atoms with Crippen LogP contribution in [0, 0.1) is 5.92 Å². The van der Waals surface area contributed by atoms with Crippen LogP contribution in [0.1, 0.15) is 44.0 Å². The van der Waals surface area contributed by atoms with Crippen LogP contribution in [-0.2, 0) is 4.74 Å². The van der Waals surface area contributed by atoms with Crippen LogP contribution < -0.4 is 0 Å². The molecule has 0 fully saturated rings. The monoisotopic (exact) mass is 278 g/mol. The minimum atomic E-state index is -1.26. The van der Waals surface area contributed by atoms with E-state index in [4.69, 9.17) is 4.74 Å². The van der Waals surface area contributed by atoms with Gasteiger partial charge in [-0.1, -0.05) is 37.3 Å². The second-order valence-corrected chi connectivity index (χ2v) is 5.60. The number of alkyl halides is 1. The molecule has 110 valence electrons. The van der Waals surface area contributed by atoms with Crippen LogP contribution in [0.15, 0.2) is 42.5 Å². The molecule has 0 aliphatic rings. The molecule has 0 saturated carbocycles. The van der Waals surface area contributed by atoms with Gasteiger partial charge in [0.15, 0.2) is 0 Å². The van der Waals surface area contributed by atoms with Crippen molar-refractivity contribution in [1.82, 2.24) is 0 Å². The Morgan fingerprint density at radius 3 is 2.60 bits per heavy atom. The van der Waals surface area contributed by atoms with Gasteiger partial charge < -0.3 is 4.74 Å².